The number of aryl methyl sites for hydroxylation is 1. The Morgan fingerprint density at radius 1 is 1.32 bits per heavy atom. The molecule has 2 aromatic rings. The van der Waals surface area contributed by atoms with Crippen LogP contribution in [0, 0.1) is 12.7 Å². The third kappa shape index (κ3) is 2.98. The Morgan fingerprint density at radius 3 is 2.74 bits per heavy atom. The predicted octanol–water partition coefficient (Wildman–Crippen LogP) is 3.24. The zero-order valence-electron chi connectivity index (χ0n) is 11.4. The van der Waals surface area contributed by atoms with Crippen molar-refractivity contribution in [2.24, 2.45) is 0 Å². The fourth-order valence-corrected chi connectivity index (χ4v) is 1.93. The van der Waals surface area contributed by atoms with Crippen LogP contribution in [0.2, 0.25) is 0 Å². The number of hydrogen-bond donors (Lipinski definition) is 1. The van der Waals surface area contributed by atoms with Gasteiger partial charge in [0.05, 0.1) is 11.6 Å². The summed E-state index contributed by atoms with van der Waals surface area (Å²) < 4.78 is 19.4. The molecule has 0 amide bonds. The number of aromatic nitrogens is 2. The number of benzene rings is 1. The van der Waals surface area contributed by atoms with Crippen molar-refractivity contribution in [1.82, 2.24) is 15.5 Å². The Hall–Kier alpha value is -1.75. The highest BCUT2D eigenvalue weighted by Crippen LogP contribution is 2.24. The van der Waals surface area contributed by atoms with E-state index in [2.05, 4.69) is 15.5 Å². The molecule has 1 unspecified atom stereocenters. The van der Waals surface area contributed by atoms with Crippen molar-refractivity contribution < 1.29 is 8.81 Å². The van der Waals surface area contributed by atoms with Crippen LogP contribution in [-0.4, -0.2) is 16.7 Å². The van der Waals surface area contributed by atoms with Crippen molar-refractivity contribution in [2.75, 3.05) is 6.54 Å². The Kier molecular flexibility index (Phi) is 4.27. The average Bonchev–Trinajstić information content (AvgIpc) is 2.85. The molecular formula is C14H18FN3O. The zero-order valence-corrected chi connectivity index (χ0v) is 11.4. The lowest BCUT2D eigenvalue weighted by molar-refractivity contribution is 0.401. The van der Waals surface area contributed by atoms with Gasteiger partial charge in [-0.2, -0.15) is 0 Å². The molecule has 1 aromatic carbocycles. The molecule has 0 aliphatic heterocycles. The minimum Gasteiger partial charge on any atom is -0.419 e. The maximum Gasteiger partial charge on any atom is 0.250 e. The standard InChI is InChI=1S/C14H18FN3O/c1-4-12(16-5-2)14-18-17-13(19-14)10-7-6-9(3)8-11(10)15/h6-8,12,16H,4-5H2,1-3H3. The Bertz CT molecular complexity index is 553. The second-order valence-corrected chi connectivity index (χ2v) is 4.45. The topological polar surface area (TPSA) is 51.0 Å². The molecule has 1 atom stereocenters. The van der Waals surface area contributed by atoms with Crippen LogP contribution in [0.15, 0.2) is 22.6 Å². The summed E-state index contributed by atoms with van der Waals surface area (Å²) in [7, 11) is 0. The summed E-state index contributed by atoms with van der Waals surface area (Å²) in [4.78, 5) is 0. The highest BCUT2D eigenvalue weighted by Gasteiger charge is 2.18. The van der Waals surface area contributed by atoms with Gasteiger partial charge < -0.3 is 9.73 Å². The van der Waals surface area contributed by atoms with Gasteiger partial charge in [-0.1, -0.05) is 19.9 Å². The molecule has 19 heavy (non-hydrogen) atoms. The van der Waals surface area contributed by atoms with Crippen molar-refractivity contribution >= 4 is 0 Å². The van der Waals surface area contributed by atoms with Crippen molar-refractivity contribution in [3.63, 3.8) is 0 Å². The highest BCUT2D eigenvalue weighted by atomic mass is 19.1. The third-order valence-electron chi connectivity index (χ3n) is 2.95. The van der Waals surface area contributed by atoms with Crippen molar-refractivity contribution in [2.45, 2.75) is 33.2 Å². The van der Waals surface area contributed by atoms with E-state index in [4.69, 9.17) is 4.42 Å². The average molecular weight is 263 g/mol. The van der Waals surface area contributed by atoms with Gasteiger partial charge in [0.1, 0.15) is 5.82 Å². The third-order valence-corrected chi connectivity index (χ3v) is 2.95. The Morgan fingerprint density at radius 2 is 2.11 bits per heavy atom. The molecule has 0 aliphatic carbocycles. The summed E-state index contributed by atoms with van der Waals surface area (Å²) in [5, 5.41) is 11.2. The highest BCUT2D eigenvalue weighted by molar-refractivity contribution is 5.54. The number of nitrogens with one attached hydrogen (secondary N) is 1. The minimum atomic E-state index is -0.341. The van der Waals surface area contributed by atoms with Crippen LogP contribution >= 0.6 is 0 Å². The molecule has 102 valence electrons. The van der Waals surface area contributed by atoms with Crippen LogP contribution in [-0.2, 0) is 0 Å². The molecule has 0 saturated carbocycles. The van der Waals surface area contributed by atoms with Gasteiger partial charge in [-0.15, -0.1) is 10.2 Å². The first-order chi connectivity index (χ1) is 9.15. The van der Waals surface area contributed by atoms with E-state index in [9.17, 15) is 4.39 Å². The fourth-order valence-electron chi connectivity index (χ4n) is 1.93. The van der Waals surface area contributed by atoms with Crippen LogP contribution in [0.25, 0.3) is 11.5 Å². The lowest BCUT2D eigenvalue weighted by Crippen LogP contribution is -2.20. The Balaban J connectivity index is 2.29. The van der Waals surface area contributed by atoms with E-state index in [1.807, 2.05) is 26.8 Å². The van der Waals surface area contributed by atoms with Crippen LogP contribution in [0.5, 0.6) is 0 Å². The second kappa shape index (κ2) is 5.93. The van der Waals surface area contributed by atoms with Gasteiger partial charge >= 0.3 is 0 Å². The fraction of sp³-hybridized carbons (Fsp3) is 0.429. The van der Waals surface area contributed by atoms with E-state index >= 15 is 0 Å². The van der Waals surface area contributed by atoms with E-state index in [1.165, 1.54) is 6.07 Å². The quantitative estimate of drug-likeness (QED) is 0.899. The first-order valence-electron chi connectivity index (χ1n) is 6.49. The molecule has 0 spiro atoms. The van der Waals surface area contributed by atoms with Gasteiger partial charge in [-0.25, -0.2) is 4.39 Å². The molecule has 0 bridgehead atoms. The van der Waals surface area contributed by atoms with E-state index in [-0.39, 0.29) is 17.7 Å². The largest absolute Gasteiger partial charge is 0.419 e. The van der Waals surface area contributed by atoms with E-state index in [0.717, 1.165) is 18.5 Å². The molecule has 0 fully saturated rings. The number of nitrogens with zero attached hydrogens (tertiary/aromatic N) is 2. The van der Waals surface area contributed by atoms with Gasteiger partial charge in [0.25, 0.3) is 5.89 Å². The van der Waals surface area contributed by atoms with Gasteiger partial charge in [-0.3, -0.25) is 0 Å². The molecule has 4 nitrogen and oxygen atoms in total. The molecule has 2 rings (SSSR count). The smallest absolute Gasteiger partial charge is 0.250 e. The van der Waals surface area contributed by atoms with Crippen LogP contribution < -0.4 is 5.32 Å². The molecule has 1 N–H and O–H groups in total. The summed E-state index contributed by atoms with van der Waals surface area (Å²) in [5.74, 6) is 0.384. The number of hydrogen-bond acceptors (Lipinski definition) is 4. The number of halogens is 1. The Labute approximate surface area is 112 Å². The maximum atomic E-state index is 13.8. The normalized spacial score (nSPS) is 12.6. The minimum absolute atomic E-state index is 0.0137. The van der Waals surface area contributed by atoms with Crippen molar-refractivity contribution in [1.29, 1.82) is 0 Å². The van der Waals surface area contributed by atoms with Crippen LogP contribution in [0.1, 0.15) is 37.8 Å². The lowest BCUT2D eigenvalue weighted by Gasteiger charge is -2.10. The monoisotopic (exact) mass is 263 g/mol. The molecule has 1 aromatic heterocycles. The molecule has 0 radical (unpaired) electrons. The maximum absolute atomic E-state index is 13.8. The van der Waals surface area contributed by atoms with Gasteiger partial charge in [0, 0.05) is 0 Å². The molecule has 1 heterocycles. The second-order valence-electron chi connectivity index (χ2n) is 4.45. The van der Waals surface area contributed by atoms with Gasteiger partial charge in [0.2, 0.25) is 5.89 Å². The summed E-state index contributed by atoms with van der Waals surface area (Å²) in [6, 6.07) is 4.96. The van der Waals surface area contributed by atoms with E-state index < -0.39 is 0 Å². The summed E-state index contributed by atoms with van der Waals surface area (Å²) >= 11 is 0. The summed E-state index contributed by atoms with van der Waals surface area (Å²) in [6.45, 7) is 6.70. The lowest BCUT2D eigenvalue weighted by atomic mass is 10.1. The molecule has 0 saturated heterocycles. The molecule has 5 heteroatoms. The first kappa shape index (κ1) is 13.7. The van der Waals surface area contributed by atoms with Gasteiger partial charge in [-0.05, 0) is 37.6 Å². The van der Waals surface area contributed by atoms with Gasteiger partial charge in [0.15, 0.2) is 0 Å². The van der Waals surface area contributed by atoms with E-state index in [0.29, 0.717) is 11.5 Å². The first-order valence-corrected chi connectivity index (χ1v) is 6.49. The summed E-state index contributed by atoms with van der Waals surface area (Å²) in [5.41, 5.74) is 1.20. The van der Waals surface area contributed by atoms with Crippen LogP contribution in [0.4, 0.5) is 4.39 Å². The zero-order chi connectivity index (χ0) is 13.8. The van der Waals surface area contributed by atoms with Crippen molar-refractivity contribution in [3.05, 3.63) is 35.5 Å². The number of rotatable bonds is 5. The SMILES string of the molecule is CCNC(CC)c1nnc(-c2ccc(C)cc2F)o1. The molecule has 0 aliphatic rings. The predicted molar refractivity (Wildman–Crippen MR) is 71.1 cm³/mol. The van der Waals surface area contributed by atoms with Crippen molar-refractivity contribution in [3.8, 4) is 11.5 Å². The van der Waals surface area contributed by atoms with E-state index in [1.54, 1.807) is 6.07 Å². The van der Waals surface area contributed by atoms with Crippen LogP contribution in [0.3, 0.4) is 0 Å². The summed E-state index contributed by atoms with van der Waals surface area (Å²) in [6.07, 6.45) is 0.839. The molecular weight excluding hydrogens is 245 g/mol.